The molecular weight excluding hydrogens is 260 g/mol. The van der Waals surface area contributed by atoms with Crippen molar-refractivity contribution in [3.63, 3.8) is 0 Å². The van der Waals surface area contributed by atoms with Crippen LogP contribution in [0.3, 0.4) is 0 Å². The minimum atomic E-state index is 0.213. The first-order chi connectivity index (χ1) is 9.15. The summed E-state index contributed by atoms with van der Waals surface area (Å²) in [6, 6.07) is 7.63. The van der Waals surface area contributed by atoms with Crippen LogP contribution in [0.25, 0.3) is 0 Å². The third-order valence-electron chi connectivity index (χ3n) is 2.68. The van der Waals surface area contributed by atoms with E-state index in [1.54, 1.807) is 19.5 Å². The zero-order valence-electron chi connectivity index (χ0n) is 10.7. The Morgan fingerprint density at radius 2 is 1.95 bits per heavy atom. The van der Waals surface area contributed by atoms with E-state index in [-0.39, 0.29) is 4.99 Å². The number of aromatic nitrogens is 2. The molecule has 19 heavy (non-hydrogen) atoms. The summed E-state index contributed by atoms with van der Waals surface area (Å²) in [6.45, 7) is 0. The second kappa shape index (κ2) is 5.62. The monoisotopic (exact) mass is 274 g/mol. The van der Waals surface area contributed by atoms with Crippen molar-refractivity contribution < 1.29 is 4.74 Å². The molecule has 0 saturated heterocycles. The number of anilines is 2. The normalized spacial score (nSPS) is 10.0. The van der Waals surface area contributed by atoms with Crippen LogP contribution in [0.15, 0.2) is 36.7 Å². The topological polar surface area (TPSA) is 64.3 Å². The van der Waals surface area contributed by atoms with Gasteiger partial charge in [-0.1, -0.05) is 24.4 Å². The van der Waals surface area contributed by atoms with Gasteiger partial charge in [0.2, 0.25) is 0 Å². The second-order valence-electron chi connectivity index (χ2n) is 3.82. The fourth-order valence-corrected chi connectivity index (χ4v) is 1.91. The molecule has 0 spiro atoms. The molecule has 1 heterocycles. The van der Waals surface area contributed by atoms with Gasteiger partial charge in [0.05, 0.1) is 12.8 Å². The van der Waals surface area contributed by atoms with Gasteiger partial charge in [0.1, 0.15) is 16.4 Å². The van der Waals surface area contributed by atoms with Crippen molar-refractivity contribution in [1.29, 1.82) is 0 Å². The van der Waals surface area contributed by atoms with Crippen molar-refractivity contribution >= 4 is 28.7 Å². The maximum Gasteiger partial charge on any atom is 0.161 e. The molecule has 0 atom stereocenters. The van der Waals surface area contributed by atoms with Crippen LogP contribution in [0.5, 0.6) is 5.75 Å². The maximum absolute atomic E-state index is 5.67. The lowest BCUT2D eigenvalue weighted by atomic mass is 10.2. The summed E-state index contributed by atoms with van der Waals surface area (Å²) in [4.78, 5) is 10.5. The van der Waals surface area contributed by atoms with Crippen LogP contribution in [0.1, 0.15) is 5.69 Å². The Labute approximate surface area is 117 Å². The molecule has 2 rings (SSSR count). The molecule has 2 aromatic rings. The van der Waals surface area contributed by atoms with Crippen LogP contribution >= 0.6 is 12.2 Å². The molecule has 0 aliphatic heterocycles. The Bertz CT molecular complexity index is 603. The van der Waals surface area contributed by atoms with Gasteiger partial charge in [-0.2, -0.15) is 0 Å². The highest BCUT2D eigenvalue weighted by molar-refractivity contribution is 7.80. The van der Waals surface area contributed by atoms with E-state index in [9.17, 15) is 0 Å². The van der Waals surface area contributed by atoms with Crippen molar-refractivity contribution in [1.82, 2.24) is 9.97 Å². The molecule has 1 aromatic carbocycles. The third kappa shape index (κ3) is 2.63. The van der Waals surface area contributed by atoms with Gasteiger partial charge in [-0.25, -0.2) is 9.97 Å². The summed E-state index contributed by atoms with van der Waals surface area (Å²) in [6.07, 6.45) is 3.16. The van der Waals surface area contributed by atoms with Crippen LogP contribution in [-0.4, -0.2) is 29.1 Å². The first kappa shape index (κ1) is 13.2. The summed E-state index contributed by atoms with van der Waals surface area (Å²) < 4.78 is 5.33. The van der Waals surface area contributed by atoms with Crippen molar-refractivity contribution in [2.75, 3.05) is 19.1 Å². The molecule has 0 aliphatic rings. The van der Waals surface area contributed by atoms with Gasteiger partial charge >= 0.3 is 0 Å². The van der Waals surface area contributed by atoms with E-state index in [0.29, 0.717) is 11.5 Å². The minimum absolute atomic E-state index is 0.213. The molecule has 0 amide bonds. The van der Waals surface area contributed by atoms with E-state index in [1.807, 2.05) is 36.2 Å². The molecule has 2 N–H and O–H groups in total. The Morgan fingerprint density at radius 1 is 1.26 bits per heavy atom. The average Bonchev–Trinajstić information content (AvgIpc) is 2.46. The zero-order chi connectivity index (χ0) is 13.8. The Balaban J connectivity index is 2.50. The van der Waals surface area contributed by atoms with Crippen LogP contribution < -0.4 is 15.4 Å². The number of nitrogens with zero attached hydrogens (tertiary/aromatic N) is 3. The first-order valence-electron chi connectivity index (χ1n) is 5.62. The number of benzene rings is 1. The van der Waals surface area contributed by atoms with Crippen molar-refractivity contribution in [3.8, 4) is 5.75 Å². The summed E-state index contributed by atoms with van der Waals surface area (Å²) >= 11 is 5.00. The van der Waals surface area contributed by atoms with Crippen molar-refractivity contribution in [3.05, 3.63) is 42.4 Å². The van der Waals surface area contributed by atoms with Crippen LogP contribution in [-0.2, 0) is 0 Å². The van der Waals surface area contributed by atoms with E-state index >= 15 is 0 Å². The molecule has 0 unspecified atom stereocenters. The van der Waals surface area contributed by atoms with Gasteiger partial charge in [-0.15, -0.1) is 0 Å². The third-order valence-corrected chi connectivity index (χ3v) is 2.87. The molecule has 0 fully saturated rings. The van der Waals surface area contributed by atoms with E-state index in [1.165, 1.54) is 0 Å². The molecule has 0 radical (unpaired) electrons. The standard InChI is InChI=1S/C13H14N4OS/c1-17(9-5-3-4-6-10(9)18-2)13-11(12(14)19)15-7-8-16-13/h3-8H,1-2H3,(H2,14,19). The number of rotatable bonds is 4. The van der Waals surface area contributed by atoms with E-state index in [2.05, 4.69) is 9.97 Å². The lowest BCUT2D eigenvalue weighted by Crippen LogP contribution is -2.20. The number of ether oxygens (including phenoxy) is 1. The second-order valence-corrected chi connectivity index (χ2v) is 4.26. The number of nitrogens with two attached hydrogens (primary N) is 1. The zero-order valence-corrected chi connectivity index (χ0v) is 11.5. The van der Waals surface area contributed by atoms with E-state index in [4.69, 9.17) is 22.7 Å². The van der Waals surface area contributed by atoms with Gasteiger partial charge in [0.15, 0.2) is 5.82 Å². The Morgan fingerprint density at radius 3 is 2.63 bits per heavy atom. The molecule has 0 saturated carbocycles. The van der Waals surface area contributed by atoms with Gasteiger partial charge in [0, 0.05) is 19.4 Å². The first-order valence-corrected chi connectivity index (χ1v) is 6.03. The van der Waals surface area contributed by atoms with Gasteiger partial charge in [0.25, 0.3) is 0 Å². The number of hydrogen-bond acceptors (Lipinski definition) is 5. The van der Waals surface area contributed by atoms with E-state index < -0.39 is 0 Å². The molecule has 0 aliphatic carbocycles. The maximum atomic E-state index is 5.67. The average molecular weight is 274 g/mol. The largest absolute Gasteiger partial charge is 0.495 e. The quantitative estimate of drug-likeness (QED) is 0.859. The Kier molecular flexibility index (Phi) is 3.91. The lowest BCUT2D eigenvalue weighted by molar-refractivity contribution is 0.415. The number of hydrogen-bond donors (Lipinski definition) is 1. The van der Waals surface area contributed by atoms with Crippen molar-refractivity contribution in [2.45, 2.75) is 0 Å². The van der Waals surface area contributed by atoms with Crippen LogP contribution in [0, 0.1) is 0 Å². The fraction of sp³-hybridized carbons (Fsp3) is 0.154. The smallest absolute Gasteiger partial charge is 0.161 e. The predicted molar refractivity (Wildman–Crippen MR) is 79.0 cm³/mol. The lowest BCUT2D eigenvalue weighted by Gasteiger charge is -2.22. The highest BCUT2D eigenvalue weighted by Crippen LogP contribution is 2.31. The Hall–Kier alpha value is -2.21. The molecule has 5 nitrogen and oxygen atoms in total. The fourth-order valence-electron chi connectivity index (χ4n) is 1.77. The van der Waals surface area contributed by atoms with Crippen LogP contribution in [0.2, 0.25) is 0 Å². The van der Waals surface area contributed by atoms with E-state index in [0.717, 1.165) is 11.4 Å². The van der Waals surface area contributed by atoms with Gasteiger partial charge in [-0.05, 0) is 12.1 Å². The number of thiocarbonyl (C=S) groups is 1. The SMILES string of the molecule is COc1ccccc1N(C)c1nccnc1C(N)=S. The number of para-hydroxylation sites is 2. The van der Waals surface area contributed by atoms with Gasteiger partial charge < -0.3 is 15.4 Å². The predicted octanol–water partition coefficient (Wildman–Crippen LogP) is 1.89. The summed E-state index contributed by atoms with van der Waals surface area (Å²) in [5.41, 5.74) is 7.03. The molecule has 1 aromatic heterocycles. The van der Waals surface area contributed by atoms with Crippen LogP contribution in [0.4, 0.5) is 11.5 Å². The summed E-state index contributed by atoms with van der Waals surface area (Å²) in [5, 5.41) is 0. The molecule has 0 bridgehead atoms. The number of methoxy groups -OCH3 is 1. The summed E-state index contributed by atoms with van der Waals surface area (Å²) in [5.74, 6) is 1.34. The minimum Gasteiger partial charge on any atom is -0.495 e. The van der Waals surface area contributed by atoms with Gasteiger partial charge in [-0.3, -0.25) is 0 Å². The highest BCUT2D eigenvalue weighted by atomic mass is 32.1. The highest BCUT2D eigenvalue weighted by Gasteiger charge is 2.16. The molecular formula is C13H14N4OS. The molecule has 6 heteroatoms. The summed E-state index contributed by atoms with van der Waals surface area (Å²) in [7, 11) is 3.49. The van der Waals surface area contributed by atoms with Crippen molar-refractivity contribution in [2.24, 2.45) is 5.73 Å². The molecule has 98 valence electrons.